The van der Waals surface area contributed by atoms with Crippen LogP contribution >= 0.6 is 7.82 Å². The summed E-state index contributed by atoms with van der Waals surface area (Å²) < 4.78 is 33.3. The average Bonchev–Trinajstić information content (AvgIpc) is 3.32. The maximum absolute atomic E-state index is 12.8. The van der Waals surface area contributed by atoms with Crippen LogP contribution in [0.3, 0.4) is 0 Å². The van der Waals surface area contributed by atoms with Crippen molar-refractivity contribution in [2.45, 2.75) is 367 Å². The van der Waals surface area contributed by atoms with Crippen molar-refractivity contribution in [3.63, 3.8) is 0 Å². The van der Waals surface area contributed by atoms with Gasteiger partial charge in [0, 0.05) is 19.4 Å². The average molecular weight is 1340 g/mol. The zero-order valence-electron chi connectivity index (χ0n) is 61.6. The van der Waals surface area contributed by atoms with Crippen molar-refractivity contribution in [2.24, 2.45) is 5.73 Å². The van der Waals surface area contributed by atoms with Gasteiger partial charge in [-0.25, -0.2) is 4.57 Å². The molecule has 0 bridgehead atoms. The van der Waals surface area contributed by atoms with Gasteiger partial charge in [0.2, 0.25) is 0 Å². The third kappa shape index (κ3) is 79.0. The molecule has 0 aromatic heterocycles. The van der Waals surface area contributed by atoms with E-state index in [0.29, 0.717) is 6.42 Å². The Kier molecular flexibility index (Phi) is 75.9. The molecule has 0 aliphatic rings. The summed E-state index contributed by atoms with van der Waals surface area (Å²) in [6.07, 6.45) is 113. The van der Waals surface area contributed by atoms with Crippen LogP contribution in [0, 0.1) is 0 Å². The van der Waals surface area contributed by atoms with Gasteiger partial charge < -0.3 is 20.1 Å². The SMILES string of the molecule is CC/C=C\C/C=C\C/C=C\C/C=C\C/C=C\C/C=C\CCCCCCCCCCCCCCCCCCC(=O)OC(COC(=O)CCCCCCCCCCCCCCCCCCCCCCCCC/C=C\C/C=C\C/C=C\C/C=C\C/C=C\CC)COP(=O)(O)OCCN. The summed E-state index contributed by atoms with van der Waals surface area (Å²) in [5.41, 5.74) is 5.42. The number of esters is 2. The summed E-state index contributed by atoms with van der Waals surface area (Å²) >= 11 is 0. The summed E-state index contributed by atoms with van der Waals surface area (Å²) in [6.45, 7) is 3.56. The molecule has 10 heteroatoms. The van der Waals surface area contributed by atoms with Gasteiger partial charge in [0.25, 0.3) is 0 Å². The van der Waals surface area contributed by atoms with E-state index in [1.807, 2.05) is 0 Å². The quantitative estimate of drug-likeness (QED) is 0.0264. The fraction of sp³-hybridized carbons (Fsp3) is 0.718. The van der Waals surface area contributed by atoms with E-state index in [4.69, 9.17) is 24.3 Å². The number of allylic oxidation sites excluding steroid dienone is 22. The summed E-state index contributed by atoms with van der Waals surface area (Å²) in [5, 5.41) is 0. The van der Waals surface area contributed by atoms with Crippen molar-refractivity contribution in [2.75, 3.05) is 26.4 Å². The smallest absolute Gasteiger partial charge is 0.462 e. The number of unbranched alkanes of at least 4 members (excludes halogenated alkanes) is 39. The van der Waals surface area contributed by atoms with Gasteiger partial charge in [0.05, 0.1) is 13.2 Å². The Morgan fingerprint density at radius 3 is 0.811 bits per heavy atom. The minimum Gasteiger partial charge on any atom is -0.462 e. The molecule has 0 saturated heterocycles. The Labute approximate surface area is 586 Å². The van der Waals surface area contributed by atoms with Gasteiger partial charge >= 0.3 is 19.8 Å². The first-order valence-corrected chi connectivity index (χ1v) is 41.2. The molecule has 0 aromatic carbocycles. The fourth-order valence-corrected chi connectivity index (χ4v) is 12.0. The second-order valence-corrected chi connectivity index (χ2v) is 27.6. The number of ether oxygens (including phenoxy) is 2. The number of phosphoric acid groups is 1. The lowest BCUT2D eigenvalue weighted by Crippen LogP contribution is -2.29. The lowest BCUT2D eigenvalue weighted by molar-refractivity contribution is -0.161. The zero-order valence-corrected chi connectivity index (χ0v) is 62.5. The normalized spacial score (nSPS) is 13.6. The van der Waals surface area contributed by atoms with E-state index in [2.05, 4.69) is 148 Å². The second-order valence-electron chi connectivity index (χ2n) is 26.2. The van der Waals surface area contributed by atoms with Gasteiger partial charge in [-0.2, -0.15) is 0 Å². The fourth-order valence-electron chi connectivity index (χ4n) is 11.3. The van der Waals surface area contributed by atoms with Crippen LogP contribution in [-0.2, 0) is 32.7 Å². The number of hydrogen-bond donors (Lipinski definition) is 2. The molecule has 3 N–H and O–H groups in total. The maximum atomic E-state index is 12.8. The second kappa shape index (κ2) is 79.1. The largest absolute Gasteiger partial charge is 0.472 e. The van der Waals surface area contributed by atoms with E-state index in [0.717, 1.165) is 109 Å². The molecule has 95 heavy (non-hydrogen) atoms. The lowest BCUT2D eigenvalue weighted by atomic mass is 10.0. The monoisotopic (exact) mass is 1340 g/mol. The van der Waals surface area contributed by atoms with Crippen LogP contribution in [0.5, 0.6) is 0 Å². The molecule has 546 valence electrons. The molecule has 0 amide bonds. The number of carbonyl (C=O) groups excluding carboxylic acids is 2. The van der Waals surface area contributed by atoms with Crippen molar-refractivity contribution < 1.29 is 37.6 Å². The molecule has 0 aliphatic heterocycles. The van der Waals surface area contributed by atoms with Gasteiger partial charge in [0.1, 0.15) is 6.61 Å². The van der Waals surface area contributed by atoms with Crippen molar-refractivity contribution in [3.05, 3.63) is 134 Å². The molecule has 0 fully saturated rings. The Bertz CT molecular complexity index is 2030. The highest BCUT2D eigenvalue weighted by atomic mass is 31.2. The van der Waals surface area contributed by atoms with Crippen LogP contribution in [0.4, 0.5) is 0 Å². The molecule has 0 rings (SSSR count). The zero-order chi connectivity index (χ0) is 68.6. The molecule has 0 heterocycles. The molecule has 2 unspecified atom stereocenters. The topological polar surface area (TPSA) is 134 Å². The minimum absolute atomic E-state index is 0.0512. The number of phosphoric ester groups is 1. The van der Waals surface area contributed by atoms with Crippen LogP contribution < -0.4 is 5.73 Å². The van der Waals surface area contributed by atoms with Crippen LogP contribution in [-0.4, -0.2) is 49.3 Å². The Morgan fingerprint density at radius 2 is 0.547 bits per heavy atom. The Morgan fingerprint density at radius 1 is 0.316 bits per heavy atom. The highest BCUT2D eigenvalue weighted by Crippen LogP contribution is 2.43. The van der Waals surface area contributed by atoms with E-state index in [1.165, 1.54) is 218 Å². The summed E-state index contributed by atoms with van der Waals surface area (Å²) in [5.74, 6) is -0.815. The first-order chi connectivity index (χ1) is 46.8. The molecule has 0 aliphatic carbocycles. The van der Waals surface area contributed by atoms with E-state index < -0.39 is 26.5 Å². The predicted molar refractivity (Wildman–Crippen MR) is 413 cm³/mol. The molecule has 0 saturated carbocycles. The first kappa shape index (κ1) is 91.2. The number of hydrogen-bond acceptors (Lipinski definition) is 8. The van der Waals surface area contributed by atoms with Gasteiger partial charge in [-0.1, -0.05) is 372 Å². The van der Waals surface area contributed by atoms with E-state index in [1.54, 1.807) is 0 Å². The Balaban J connectivity index is 3.80. The molecule has 2 atom stereocenters. The van der Waals surface area contributed by atoms with Crippen molar-refractivity contribution >= 4 is 19.8 Å². The summed E-state index contributed by atoms with van der Waals surface area (Å²) in [4.78, 5) is 35.5. The minimum atomic E-state index is -4.40. The van der Waals surface area contributed by atoms with Crippen LogP contribution in [0.2, 0.25) is 0 Å². The third-order valence-corrected chi connectivity index (χ3v) is 18.0. The molecular weight excluding hydrogens is 1190 g/mol. The first-order valence-electron chi connectivity index (χ1n) is 39.7. The molecule has 0 radical (unpaired) electrons. The van der Waals surface area contributed by atoms with Gasteiger partial charge in [-0.3, -0.25) is 18.6 Å². The van der Waals surface area contributed by atoms with Crippen LogP contribution in [0.25, 0.3) is 0 Å². The Hall–Kier alpha value is -3.85. The number of rotatable bonds is 74. The lowest BCUT2D eigenvalue weighted by Gasteiger charge is -2.19. The summed E-state index contributed by atoms with van der Waals surface area (Å²) in [6, 6.07) is 0. The van der Waals surface area contributed by atoms with Gasteiger partial charge in [0.15, 0.2) is 6.10 Å². The molecule has 0 aromatic rings. The van der Waals surface area contributed by atoms with Gasteiger partial charge in [-0.15, -0.1) is 0 Å². The standard InChI is InChI=1S/C85H148NO8P/c1-3-5-7-9-11-13-15-17-19-21-23-25-27-29-31-33-35-37-39-40-41-42-44-45-47-49-51-53-55-57-59-61-63-65-67-69-71-73-75-77-84(87)91-81-83(82-93-95(89,90)92-80-79-86)94-85(88)78-76-74-72-70-68-66-64-62-60-58-56-54-52-50-48-46-43-38-36-34-32-30-28-26-24-22-20-18-16-14-12-10-8-6-4-2/h5-8,11-14,17-20,23-26,29-32,36,38,83H,3-4,9-10,15-16,21-22,27-28,33-35,37,39-82,86H2,1-2H3,(H,89,90)/b7-5-,8-6-,13-11-,14-12-,19-17-,20-18-,25-23-,26-24-,31-29-,32-30-,38-36-. The third-order valence-electron chi connectivity index (χ3n) is 17.0. The van der Waals surface area contributed by atoms with Crippen molar-refractivity contribution in [1.82, 2.24) is 0 Å². The molecular formula is C85H148NO8P. The van der Waals surface area contributed by atoms with Crippen molar-refractivity contribution in [3.8, 4) is 0 Å². The number of carbonyl (C=O) groups is 2. The van der Waals surface area contributed by atoms with E-state index in [-0.39, 0.29) is 38.6 Å². The van der Waals surface area contributed by atoms with E-state index >= 15 is 0 Å². The number of nitrogens with two attached hydrogens (primary N) is 1. The maximum Gasteiger partial charge on any atom is 0.472 e. The predicted octanol–water partition coefficient (Wildman–Crippen LogP) is 26.8. The van der Waals surface area contributed by atoms with E-state index in [9.17, 15) is 19.0 Å². The summed E-state index contributed by atoms with van der Waals surface area (Å²) in [7, 11) is -4.40. The van der Waals surface area contributed by atoms with Crippen molar-refractivity contribution in [1.29, 1.82) is 0 Å². The van der Waals surface area contributed by atoms with Crippen LogP contribution in [0.1, 0.15) is 361 Å². The van der Waals surface area contributed by atoms with Gasteiger partial charge in [-0.05, 0) is 109 Å². The molecule has 9 nitrogen and oxygen atoms in total. The molecule has 0 spiro atoms. The van der Waals surface area contributed by atoms with Crippen LogP contribution in [0.15, 0.2) is 134 Å². The highest BCUT2D eigenvalue weighted by Gasteiger charge is 2.26. The highest BCUT2D eigenvalue weighted by molar-refractivity contribution is 7.47.